The largest absolute Gasteiger partial charge is 0.271 e. The first-order chi connectivity index (χ1) is 13.3. The van der Waals surface area contributed by atoms with Gasteiger partial charge in [-0.2, -0.15) is 15.2 Å². The van der Waals surface area contributed by atoms with Gasteiger partial charge in [-0.3, -0.25) is 9.48 Å². The van der Waals surface area contributed by atoms with Gasteiger partial charge in [0.05, 0.1) is 28.3 Å². The number of hydrogen-bond acceptors (Lipinski definition) is 5. The summed E-state index contributed by atoms with van der Waals surface area (Å²) in [5.74, 6) is -0.527. The molecule has 1 aromatic carbocycles. The molecule has 0 saturated heterocycles. The molecule has 7 heteroatoms. The van der Waals surface area contributed by atoms with Crippen molar-refractivity contribution in [2.75, 3.05) is 5.01 Å². The van der Waals surface area contributed by atoms with Crippen LogP contribution in [0.25, 0.3) is 11.3 Å². The summed E-state index contributed by atoms with van der Waals surface area (Å²) in [4.78, 5) is 17.9. The minimum absolute atomic E-state index is 0.0862. The summed E-state index contributed by atoms with van der Waals surface area (Å²) in [5, 5.41) is 13.1. The number of amides is 1. The molecule has 0 fully saturated rings. The Labute approximate surface area is 168 Å². The van der Waals surface area contributed by atoms with Gasteiger partial charge in [-0.05, 0) is 40.7 Å². The van der Waals surface area contributed by atoms with Crippen LogP contribution >= 0.6 is 11.3 Å². The molecule has 144 valence electrons. The molecule has 1 unspecified atom stereocenters. The summed E-state index contributed by atoms with van der Waals surface area (Å²) in [6, 6.07) is 11.9. The molecule has 1 amide bonds. The van der Waals surface area contributed by atoms with Gasteiger partial charge in [-0.1, -0.05) is 30.3 Å². The van der Waals surface area contributed by atoms with E-state index >= 15 is 0 Å². The van der Waals surface area contributed by atoms with Gasteiger partial charge in [-0.25, -0.2) is 4.98 Å². The lowest BCUT2D eigenvalue weighted by atomic mass is 9.98. The van der Waals surface area contributed by atoms with Crippen molar-refractivity contribution in [3.63, 3.8) is 0 Å². The predicted octanol–water partition coefficient (Wildman–Crippen LogP) is 4.58. The average Bonchev–Trinajstić information content (AvgIpc) is 3.33. The molecular weight excluding hydrogens is 370 g/mol. The molecule has 28 heavy (non-hydrogen) atoms. The maximum Gasteiger partial charge on any atom is 0.264 e. The van der Waals surface area contributed by atoms with Gasteiger partial charge < -0.3 is 0 Å². The van der Waals surface area contributed by atoms with E-state index < -0.39 is 5.92 Å². The first-order valence-corrected chi connectivity index (χ1v) is 10.1. The fourth-order valence-corrected chi connectivity index (χ4v) is 4.20. The van der Waals surface area contributed by atoms with Gasteiger partial charge in [-0.15, -0.1) is 11.3 Å². The number of hydrazone groups is 1. The van der Waals surface area contributed by atoms with Crippen molar-refractivity contribution in [3.05, 3.63) is 53.2 Å². The molecule has 1 aliphatic heterocycles. The predicted molar refractivity (Wildman–Crippen MR) is 113 cm³/mol. The lowest BCUT2D eigenvalue weighted by Crippen LogP contribution is -2.32. The van der Waals surface area contributed by atoms with Crippen LogP contribution in [0.15, 0.2) is 46.9 Å². The van der Waals surface area contributed by atoms with Crippen LogP contribution in [0.2, 0.25) is 0 Å². The van der Waals surface area contributed by atoms with Crippen LogP contribution in [0.5, 0.6) is 0 Å². The Kier molecular flexibility index (Phi) is 4.42. The molecular formula is C21H23N5OS. The van der Waals surface area contributed by atoms with E-state index in [2.05, 4.69) is 36.0 Å². The summed E-state index contributed by atoms with van der Waals surface area (Å²) in [6.45, 7) is 10.1. The quantitative estimate of drug-likeness (QED) is 0.654. The smallest absolute Gasteiger partial charge is 0.264 e. The van der Waals surface area contributed by atoms with Gasteiger partial charge >= 0.3 is 0 Å². The van der Waals surface area contributed by atoms with E-state index in [1.54, 1.807) is 0 Å². The van der Waals surface area contributed by atoms with Crippen LogP contribution in [-0.4, -0.2) is 26.4 Å². The molecule has 4 rings (SSSR count). The number of rotatable bonds is 3. The number of anilines is 1. The SMILES string of the molecule is CC1=NN(c2nc(-c3ccccc3)cs2)C(=O)C1c1cc(C)nn1C(C)(C)C. The number of hydrogen-bond donors (Lipinski definition) is 0. The maximum absolute atomic E-state index is 13.3. The van der Waals surface area contributed by atoms with E-state index in [4.69, 9.17) is 0 Å². The number of aryl methyl sites for hydroxylation is 1. The molecule has 0 spiro atoms. The summed E-state index contributed by atoms with van der Waals surface area (Å²) in [6.07, 6.45) is 0. The third kappa shape index (κ3) is 3.16. The standard InChI is InChI=1S/C21H23N5OS/c1-13-11-17(26(23-13)21(3,4)5)18-14(2)24-25(19(18)27)20-22-16(12-28-20)15-9-7-6-8-10-15/h6-12,18H,1-5H3. The Bertz CT molecular complexity index is 1060. The first-order valence-electron chi connectivity index (χ1n) is 9.23. The number of benzene rings is 1. The Balaban J connectivity index is 1.68. The molecule has 1 atom stereocenters. The monoisotopic (exact) mass is 393 g/mol. The molecule has 1 aliphatic rings. The molecule has 0 N–H and O–H groups in total. The second kappa shape index (κ2) is 6.67. The summed E-state index contributed by atoms with van der Waals surface area (Å²) in [5.41, 5.74) is 4.17. The molecule has 3 aromatic rings. The van der Waals surface area contributed by atoms with Crippen LogP contribution in [-0.2, 0) is 10.3 Å². The van der Waals surface area contributed by atoms with E-state index in [-0.39, 0.29) is 11.4 Å². The number of carbonyl (C=O) groups is 1. The van der Waals surface area contributed by atoms with Crippen LogP contribution in [0.4, 0.5) is 5.13 Å². The molecule has 0 radical (unpaired) electrons. The van der Waals surface area contributed by atoms with Crippen molar-refractivity contribution >= 4 is 28.1 Å². The van der Waals surface area contributed by atoms with E-state index in [1.807, 2.05) is 60.3 Å². The Hall–Kier alpha value is -2.80. The van der Waals surface area contributed by atoms with Crippen molar-refractivity contribution in [3.8, 4) is 11.3 Å². The van der Waals surface area contributed by atoms with Crippen LogP contribution < -0.4 is 5.01 Å². The zero-order valence-electron chi connectivity index (χ0n) is 16.7. The first kappa shape index (κ1) is 18.6. The van der Waals surface area contributed by atoms with Crippen LogP contribution in [0.3, 0.4) is 0 Å². The number of nitrogens with zero attached hydrogens (tertiary/aromatic N) is 5. The molecule has 2 aromatic heterocycles. The number of thiazole rings is 1. The van der Waals surface area contributed by atoms with Gasteiger partial charge in [0.15, 0.2) is 0 Å². The molecule has 3 heterocycles. The number of carbonyl (C=O) groups excluding carboxylic acids is 1. The fourth-order valence-electron chi connectivity index (χ4n) is 3.41. The average molecular weight is 394 g/mol. The highest BCUT2D eigenvalue weighted by molar-refractivity contribution is 7.14. The van der Waals surface area contributed by atoms with E-state index in [0.717, 1.165) is 28.4 Å². The third-order valence-electron chi connectivity index (χ3n) is 4.66. The van der Waals surface area contributed by atoms with E-state index in [9.17, 15) is 4.79 Å². The lowest BCUT2D eigenvalue weighted by Gasteiger charge is -2.24. The molecule has 0 saturated carbocycles. The summed E-state index contributed by atoms with van der Waals surface area (Å²) < 4.78 is 1.94. The highest BCUT2D eigenvalue weighted by atomic mass is 32.1. The molecule has 6 nitrogen and oxygen atoms in total. The van der Waals surface area contributed by atoms with Crippen molar-refractivity contribution in [2.24, 2.45) is 5.10 Å². The fraction of sp³-hybridized carbons (Fsp3) is 0.333. The van der Waals surface area contributed by atoms with Gasteiger partial charge in [0.1, 0.15) is 5.92 Å². The van der Waals surface area contributed by atoms with Crippen molar-refractivity contribution in [2.45, 2.75) is 46.1 Å². The second-order valence-corrected chi connectivity index (χ2v) is 8.84. The zero-order chi connectivity index (χ0) is 20.1. The highest BCUT2D eigenvalue weighted by Gasteiger charge is 2.40. The molecule has 0 aliphatic carbocycles. The van der Waals surface area contributed by atoms with Crippen molar-refractivity contribution in [1.82, 2.24) is 14.8 Å². The summed E-state index contributed by atoms with van der Waals surface area (Å²) >= 11 is 1.42. The van der Waals surface area contributed by atoms with Crippen molar-refractivity contribution in [1.29, 1.82) is 0 Å². The maximum atomic E-state index is 13.3. The van der Waals surface area contributed by atoms with Gasteiger partial charge in [0.2, 0.25) is 5.13 Å². The highest BCUT2D eigenvalue weighted by Crippen LogP contribution is 2.35. The lowest BCUT2D eigenvalue weighted by molar-refractivity contribution is -0.118. The zero-order valence-corrected chi connectivity index (χ0v) is 17.5. The second-order valence-electron chi connectivity index (χ2n) is 8.00. The topological polar surface area (TPSA) is 63.4 Å². The van der Waals surface area contributed by atoms with Crippen molar-refractivity contribution < 1.29 is 4.79 Å². The number of aromatic nitrogens is 3. The minimum atomic E-state index is -0.440. The summed E-state index contributed by atoms with van der Waals surface area (Å²) in [7, 11) is 0. The van der Waals surface area contributed by atoms with Gasteiger partial charge in [0.25, 0.3) is 5.91 Å². The third-order valence-corrected chi connectivity index (χ3v) is 5.48. The van der Waals surface area contributed by atoms with Crippen LogP contribution in [0, 0.1) is 6.92 Å². The normalized spacial score (nSPS) is 17.3. The molecule has 0 bridgehead atoms. The van der Waals surface area contributed by atoms with E-state index in [1.165, 1.54) is 16.3 Å². The Morgan fingerprint density at radius 1 is 1.11 bits per heavy atom. The Morgan fingerprint density at radius 3 is 2.50 bits per heavy atom. The van der Waals surface area contributed by atoms with E-state index in [0.29, 0.717) is 5.13 Å². The minimum Gasteiger partial charge on any atom is -0.271 e. The van der Waals surface area contributed by atoms with Crippen LogP contribution in [0.1, 0.15) is 45.0 Å². The van der Waals surface area contributed by atoms with Gasteiger partial charge in [0, 0.05) is 10.9 Å². The Morgan fingerprint density at radius 2 is 1.82 bits per heavy atom.